The van der Waals surface area contributed by atoms with Crippen LogP contribution in [-0.4, -0.2) is 20.2 Å². The van der Waals surface area contributed by atoms with Gasteiger partial charge < -0.3 is 10.1 Å². The first-order chi connectivity index (χ1) is 12.2. The van der Waals surface area contributed by atoms with Crippen molar-refractivity contribution in [3.05, 3.63) is 63.6 Å². The number of rotatable bonds is 7. The summed E-state index contributed by atoms with van der Waals surface area (Å²) in [6.45, 7) is 5.91. The third-order valence-electron chi connectivity index (χ3n) is 3.94. The van der Waals surface area contributed by atoms with Crippen LogP contribution in [0.2, 0.25) is 0 Å². The second-order valence-electron chi connectivity index (χ2n) is 5.64. The van der Waals surface area contributed by atoms with E-state index < -0.39 is 0 Å². The van der Waals surface area contributed by atoms with Gasteiger partial charge in [-0.2, -0.15) is 0 Å². The third-order valence-corrected chi connectivity index (χ3v) is 4.43. The summed E-state index contributed by atoms with van der Waals surface area (Å²) in [6.07, 6.45) is 0. The summed E-state index contributed by atoms with van der Waals surface area (Å²) in [5.74, 6) is 1.49. The van der Waals surface area contributed by atoms with E-state index in [1.54, 1.807) is 4.68 Å². The molecule has 0 aliphatic rings. The van der Waals surface area contributed by atoms with Crippen molar-refractivity contribution in [2.24, 2.45) is 0 Å². The number of hydrogen-bond acceptors (Lipinski definition) is 5. The van der Waals surface area contributed by atoms with Gasteiger partial charge in [-0.25, -0.2) is 4.68 Å². The quantitative estimate of drug-likeness (QED) is 0.648. The number of ether oxygens (including phenoxy) is 1. The third kappa shape index (κ3) is 4.36. The molecule has 0 fully saturated rings. The molecule has 0 aliphatic heterocycles. The van der Waals surface area contributed by atoms with Crippen molar-refractivity contribution >= 4 is 21.9 Å². The number of nitrogens with zero attached hydrogens (tertiary/aromatic N) is 4. The lowest BCUT2D eigenvalue weighted by Gasteiger charge is -2.14. The zero-order valence-corrected chi connectivity index (χ0v) is 15.8. The summed E-state index contributed by atoms with van der Waals surface area (Å²) in [4.78, 5) is 0. The number of halogens is 1. The molecule has 1 aromatic heterocycles. The molecule has 1 N–H and O–H groups in total. The number of tetrazole rings is 1. The summed E-state index contributed by atoms with van der Waals surface area (Å²) < 4.78 is 8.78. The number of hydrogen-bond donors (Lipinski definition) is 1. The van der Waals surface area contributed by atoms with Gasteiger partial charge in [-0.05, 0) is 53.6 Å². The number of anilines is 1. The standard InChI is InChI=1S/C18H20BrN5O/c1-3-24-18(21-22-23-24)20-11-15-10-16(19)8-9-17(15)25-12-14-7-5-4-6-13(14)2/h4-10H,3,11-12H2,1-2H3,(H,20,21,23). The van der Waals surface area contributed by atoms with Gasteiger partial charge >= 0.3 is 0 Å². The molecule has 0 saturated heterocycles. The molecule has 0 saturated carbocycles. The Bertz CT molecular complexity index is 849. The van der Waals surface area contributed by atoms with Gasteiger partial charge in [0.2, 0.25) is 5.95 Å². The summed E-state index contributed by atoms with van der Waals surface area (Å²) in [7, 11) is 0. The van der Waals surface area contributed by atoms with E-state index >= 15 is 0 Å². The number of aryl methyl sites for hydroxylation is 2. The van der Waals surface area contributed by atoms with Crippen LogP contribution in [0.4, 0.5) is 5.95 Å². The minimum atomic E-state index is 0.536. The molecular formula is C18H20BrN5O. The molecule has 0 atom stereocenters. The maximum absolute atomic E-state index is 6.07. The predicted molar refractivity (Wildman–Crippen MR) is 100 cm³/mol. The van der Waals surface area contributed by atoms with E-state index in [1.165, 1.54) is 11.1 Å². The zero-order chi connectivity index (χ0) is 17.6. The first-order valence-corrected chi connectivity index (χ1v) is 8.92. The van der Waals surface area contributed by atoms with Crippen LogP contribution < -0.4 is 10.1 Å². The van der Waals surface area contributed by atoms with Crippen molar-refractivity contribution in [2.75, 3.05) is 5.32 Å². The molecule has 1 heterocycles. The molecule has 0 spiro atoms. The number of benzene rings is 2. The topological polar surface area (TPSA) is 64.9 Å². The molecule has 0 radical (unpaired) electrons. The van der Waals surface area contributed by atoms with Crippen molar-refractivity contribution < 1.29 is 4.74 Å². The molecule has 6 nitrogen and oxygen atoms in total. The molecule has 0 bridgehead atoms. The van der Waals surface area contributed by atoms with Gasteiger partial charge in [0.05, 0.1) is 0 Å². The zero-order valence-electron chi connectivity index (χ0n) is 14.2. The van der Waals surface area contributed by atoms with Crippen molar-refractivity contribution in [2.45, 2.75) is 33.5 Å². The van der Waals surface area contributed by atoms with Crippen LogP contribution in [0.1, 0.15) is 23.6 Å². The minimum Gasteiger partial charge on any atom is -0.489 e. The Labute approximate surface area is 155 Å². The summed E-state index contributed by atoms with van der Waals surface area (Å²) in [6, 6.07) is 14.2. The van der Waals surface area contributed by atoms with Gasteiger partial charge in [0.25, 0.3) is 0 Å². The van der Waals surface area contributed by atoms with Crippen LogP contribution in [0.25, 0.3) is 0 Å². The molecule has 7 heteroatoms. The molecular weight excluding hydrogens is 382 g/mol. The molecule has 2 aromatic carbocycles. The molecule has 3 aromatic rings. The maximum atomic E-state index is 6.07. The second kappa shape index (κ2) is 8.11. The Balaban J connectivity index is 1.73. The highest BCUT2D eigenvalue weighted by Gasteiger charge is 2.09. The Morgan fingerprint density at radius 2 is 2.00 bits per heavy atom. The number of nitrogens with one attached hydrogen (secondary N) is 1. The monoisotopic (exact) mass is 401 g/mol. The van der Waals surface area contributed by atoms with Crippen molar-refractivity contribution in [1.82, 2.24) is 20.2 Å². The van der Waals surface area contributed by atoms with Crippen molar-refractivity contribution in [3.8, 4) is 5.75 Å². The second-order valence-corrected chi connectivity index (χ2v) is 6.55. The first kappa shape index (κ1) is 17.4. The van der Waals surface area contributed by atoms with Crippen LogP contribution >= 0.6 is 15.9 Å². The molecule has 25 heavy (non-hydrogen) atoms. The van der Waals surface area contributed by atoms with Crippen LogP contribution in [0, 0.1) is 6.92 Å². The summed E-state index contributed by atoms with van der Waals surface area (Å²) in [5, 5.41) is 14.9. The highest BCUT2D eigenvalue weighted by atomic mass is 79.9. The SMILES string of the molecule is CCn1nnnc1NCc1cc(Br)ccc1OCc1ccccc1C. The van der Waals surface area contributed by atoms with Crippen LogP contribution in [0.15, 0.2) is 46.9 Å². The molecule has 3 rings (SSSR count). The predicted octanol–water partition coefficient (Wildman–Crippen LogP) is 3.96. The normalized spacial score (nSPS) is 10.7. The van der Waals surface area contributed by atoms with Gasteiger partial charge in [0.15, 0.2) is 0 Å². The number of aromatic nitrogens is 4. The first-order valence-electron chi connectivity index (χ1n) is 8.13. The highest BCUT2D eigenvalue weighted by Crippen LogP contribution is 2.25. The van der Waals surface area contributed by atoms with Crippen LogP contribution in [0.3, 0.4) is 0 Å². The summed E-state index contributed by atoms with van der Waals surface area (Å²) in [5.41, 5.74) is 3.44. The van der Waals surface area contributed by atoms with E-state index in [1.807, 2.05) is 37.3 Å². The molecule has 130 valence electrons. The van der Waals surface area contributed by atoms with E-state index in [-0.39, 0.29) is 0 Å². The fourth-order valence-corrected chi connectivity index (χ4v) is 2.88. The molecule has 0 amide bonds. The lowest BCUT2D eigenvalue weighted by molar-refractivity contribution is 0.302. The Morgan fingerprint density at radius 1 is 1.16 bits per heavy atom. The van der Waals surface area contributed by atoms with E-state index in [0.29, 0.717) is 25.6 Å². The molecule has 0 aliphatic carbocycles. The van der Waals surface area contributed by atoms with E-state index in [0.717, 1.165) is 15.8 Å². The van der Waals surface area contributed by atoms with Crippen molar-refractivity contribution in [1.29, 1.82) is 0 Å². The Kier molecular flexibility index (Phi) is 5.65. The molecule has 0 unspecified atom stereocenters. The lowest BCUT2D eigenvalue weighted by Crippen LogP contribution is -2.09. The average molecular weight is 402 g/mol. The van der Waals surface area contributed by atoms with Crippen molar-refractivity contribution in [3.63, 3.8) is 0 Å². The Hall–Kier alpha value is -2.41. The smallest absolute Gasteiger partial charge is 0.243 e. The lowest BCUT2D eigenvalue weighted by atomic mass is 10.1. The average Bonchev–Trinajstić information content (AvgIpc) is 3.08. The fourth-order valence-electron chi connectivity index (χ4n) is 2.47. The van der Waals surface area contributed by atoms with E-state index in [2.05, 4.69) is 55.8 Å². The maximum Gasteiger partial charge on any atom is 0.243 e. The van der Waals surface area contributed by atoms with Gasteiger partial charge in [-0.1, -0.05) is 45.3 Å². The highest BCUT2D eigenvalue weighted by molar-refractivity contribution is 9.10. The van der Waals surface area contributed by atoms with E-state index in [4.69, 9.17) is 4.74 Å². The van der Waals surface area contributed by atoms with Gasteiger partial charge in [-0.15, -0.1) is 0 Å². The van der Waals surface area contributed by atoms with Gasteiger partial charge in [0, 0.05) is 23.1 Å². The Morgan fingerprint density at radius 3 is 2.80 bits per heavy atom. The van der Waals surface area contributed by atoms with Crippen LogP contribution in [-0.2, 0) is 19.7 Å². The van der Waals surface area contributed by atoms with Gasteiger partial charge in [0.1, 0.15) is 12.4 Å². The largest absolute Gasteiger partial charge is 0.489 e. The van der Waals surface area contributed by atoms with E-state index in [9.17, 15) is 0 Å². The van der Waals surface area contributed by atoms with Gasteiger partial charge in [-0.3, -0.25) is 0 Å². The summed E-state index contributed by atoms with van der Waals surface area (Å²) >= 11 is 3.52. The fraction of sp³-hybridized carbons (Fsp3) is 0.278. The minimum absolute atomic E-state index is 0.536. The van der Waals surface area contributed by atoms with Crippen LogP contribution in [0.5, 0.6) is 5.75 Å².